The Kier molecular flexibility index (Phi) is 3.72. The fourth-order valence-electron chi connectivity index (χ4n) is 1.23. The minimum absolute atomic E-state index is 0.424. The topological polar surface area (TPSA) is 32.9 Å². The number of benzene rings is 1. The maximum absolute atomic E-state index is 10.9. The fraction of sp³-hybridized carbons (Fsp3) is 0.182. The molecule has 0 fully saturated rings. The molecule has 2 rings (SSSR count). The zero-order chi connectivity index (χ0) is 10.6. The van der Waals surface area contributed by atoms with Gasteiger partial charge in [0.05, 0.1) is 5.56 Å². The summed E-state index contributed by atoms with van der Waals surface area (Å²) in [5.41, 5.74) is 1.47. The van der Waals surface area contributed by atoms with Gasteiger partial charge in [0.25, 0.3) is 5.24 Å². The molecule has 0 aliphatic rings. The van der Waals surface area contributed by atoms with E-state index in [1.807, 2.05) is 38.1 Å². The molecule has 0 saturated carbocycles. The molecular weight excluding hydrogens is 198 g/mol. The summed E-state index contributed by atoms with van der Waals surface area (Å²) >= 11 is 5.36. The SMILES string of the molecule is CC.O=C(Cl)c1c[nH]c2ccccc12. The predicted molar refractivity (Wildman–Crippen MR) is 59.8 cm³/mol. The Morgan fingerprint density at radius 2 is 1.93 bits per heavy atom. The quantitative estimate of drug-likeness (QED) is 0.716. The summed E-state index contributed by atoms with van der Waals surface area (Å²) in [6.45, 7) is 4.00. The van der Waals surface area contributed by atoms with Crippen LogP contribution in [0.1, 0.15) is 24.2 Å². The van der Waals surface area contributed by atoms with Crippen molar-refractivity contribution in [3.8, 4) is 0 Å². The van der Waals surface area contributed by atoms with Crippen LogP contribution in [-0.4, -0.2) is 10.2 Å². The van der Waals surface area contributed by atoms with E-state index in [2.05, 4.69) is 4.98 Å². The molecule has 2 aromatic rings. The number of para-hydroxylation sites is 1. The van der Waals surface area contributed by atoms with Crippen molar-refractivity contribution in [3.05, 3.63) is 36.0 Å². The molecule has 14 heavy (non-hydrogen) atoms. The first-order valence-electron chi connectivity index (χ1n) is 4.55. The van der Waals surface area contributed by atoms with Crippen LogP contribution >= 0.6 is 11.6 Å². The summed E-state index contributed by atoms with van der Waals surface area (Å²) < 4.78 is 0. The van der Waals surface area contributed by atoms with Gasteiger partial charge in [0.15, 0.2) is 0 Å². The first-order valence-corrected chi connectivity index (χ1v) is 4.93. The average Bonchev–Trinajstić information content (AvgIpc) is 2.64. The van der Waals surface area contributed by atoms with E-state index in [4.69, 9.17) is 11.6 Å². The molecule has 0 atom stereocenters. The molecule has 1 aromatic heterocycles. The number of fused-ring (bicyclic) bond motifs is 1. The third kappa shape index (κ3) is 1.96. The molecule has 0 amide bonds. The van der Waals surface area contributed by atoms with Crippen LogP contribution in [-0.2, 0) is 0 Å². The molecule has 0 unspecified atom stereocenters. The number of carbonyl (C=O) groups is 1. The molecule has 0 aliphatic heterocycles. The van der Waals surface area contributed by atoms with E-state index in [0.29, 0.717) is 5.56 Å². The molecule has 2 nitrogen and oxygen atoms in total. The maximum Gasteiger partial charge on any atom is 0.254 e. The van der Waals surface area contributed by atoms with Crippen LogP contribution in [0.5, 0.6) is 0 Å². The van der Waals surface area contributed by atoms with Crippen LogP contribution in [0.2, 0.25) is 0 Å². The van der Waals surface area contributed by atoms with E-state index >= 15 is 0 Å². The van der Waals surface area contributed by atoms with E-state index in [-0.39, 0.29) is 0 Å². The lowest BCUT2D eigenvalue weighted by molar-refractivity contribution is 0.108. The van der Waals surface area contributed by atoms with Crippen molar-refractivity contribution in [2.24, 2.45) is 0 Å². The van der Waals surface area contributed by atoms with Crippen LogP contribution in [0.4, 0.5) is 0 Å². The van der Waals surface area contributed by atoms with Crippen molar-refractivity contribution >= 4 is 27.7 Å². The first kappa shape index (κ1) is 10.8. The van der Waals surface area contributed by atoms with E-state index in [9.17, 15) is 4.79 Å². The highest BCUT2D eigenvalue weighted by Gasteiger charge is 2.07. The Labute approximate surface area is 87.9 Å². The number of carbonyl (C=O) groups excluding carboxylic acids is 1. The number of halogens is 1. The van der Waals surface area contributed by atoms with Crippen molar-refractivity contribution in [1.29, 1.82) is 0 Å². The molecule has 0 aliphatic carbocycles. The van der Waals surface area contributed by atoms with Crippen LogP contribution in [0.25, 0.3) is 10.9 Å². The summed E-state index contributed by atoms with van der Waals surface area (Å²) in [6.07, 6.45) is 1.62. The number of rotatable bonds is 1. The Bertz CT molecular complexity index is 434. The van der Waals surface area contributed by atoms with Crippen molar-refractivity contribution in [1.82, 2.24) is 4.98 Å². The molecule has 1 N–H and O–H groups in total. The number of hydrogen-bond donors (Lipinski definition) is 1. The Balaban J connectivity index is 0.000000461. The minimum Gasteiger partial charge on any atom is -0.360 e. The smallest absolute Gasteiger partial charge is 0.254 e. The van der Waals surface area contributed by atoms with E-state index in [0.717, 1.165) is 10.9 Å². The van der Waals surface area contributed by atoms with Gasteiger partial charge in [-0.2, -0.15) is 0 Å². The molecule has 74 valence electrons. The van der Waals surface area contributed by atoms with Crippen LogP contribution < -0.4 is 0 Å². The van der Waals surface area contributed by atoms with Gasteiger partial charge in [-0.3, -0.25) is 4.79 Å². The molecule has 1 heterocycles. The van der Waals surface area contributed by atoms with Crippen LogP contribution in [0.15, 0.2) is 30.5 Å². The van der Waals surface area contributed by atoms with Gasteiger partial charge in [-0.1, -0.05) is 32.0 Å². The number of hydrogen-bond acceptors (Lipinski definition) is 1. The van der Waals surface area contributed by atoms with Gasteiger partial charge in [0, 0.05) is 17.1 Å². The normalized spacial score (nSPS) is 9.36. The number of H-pyrrole nitrogens is 1. The number of aromatic nitrogens is 1. The van der Waals surface area contributed by atoms with Crippen molar-refractivity contribution < 1.29 is 4.79 Å². The highest BCUT2D eigenvalue weighted by molar-refractivity contribution is 6.68. The summed E-state index contributed by atoms with van der Waals surface area (Å²) in [4.78, 5) is 13.8. The first-order chi connectivity index (χ1) is 6.79. The molecule has 3 heteroatoms. The standard InChI is InChI=1S/C9H6ClNO.C2H6/c10-9(12)7-5-11-8-4-2-1-3-6(7)8;1-2/h1-5,11H;1-2H3. The zero-order valence-corrected chi connectivity index (χ0v) is 8.93. The molecule has 1 aromatic carbocycles. The van der Waals surface area contributed by atoms with Crippen molar-refractivity contribution in [2.75, 3.05) is 0 Å². The molecule has 0 radical (unpaired) electrons. The van der Waals surface area contributed by atoms with Crippen molar-refractivity contribution in [2.45, 2.75) is 13.8 Å². The van der Waals surface area contributed by atoms with Gasteiger partial charge in [-0.25, -0.2) is 0 Å². The van der Waals surface area contributed by atoms with E-state index in [1.54, 1.807) is 6.20 Å². The lowest BCUT2D eigenvalue weighted by atomic mass is 10.2. The summed E-state index contributed by atoms with van der Waals surface area (Å²) in [5, 5.41) is 0.449. The highest BCUT2D eigenvalue weighted by Crippen LogP contribution is 2.18. The third-order valence-electron chi connectivity index (χ3n) is 1.80. The lowest BCUT2D eigenvalue weighted by Gasteiger charge is -1.89. The third-order valence-corrected chi connectivity index (χ3v) is 2.00. The van der Waals surface area contributed by atoms with Crippen LogP contribution in [0.3, 0.4) is 0 Å². The van der Waals surface area contributed by atoms with Crippen LogP contribution in [0, 0.1) is 0 Å². The zero-order valence-electron chi connectivity index (χ0n) is 8.17. The number of nitrogens with one attached hydrogen (secondary N) is 1. The summed E-state index contributed by atoms with van der Waals surface area (Å²) in [5.74, 6) is 0. The second-order valence-electron chi connectivity index (χ2n) is 2.52. The van der Waals surface area contributed by atoms with Gasteiger partial charge in [-0.15, -0.1) is 0 Å². The van der Waals surface area contributed by atoms with Gasteiger partial charge < -0.3 is 4.98 Å². The maximum atomic E-state index is 10.9. The minimum atomic E-state index is -0.424. The van der Waals surface area contributed by atoms with Gasteiger partial charge >= 0.3 is 0 Å². The molecular formula is C11H12ClNO. The Hall–Kier alpha value is -1.28. The monoisotopic (exact) mass is 209 g/mol. The van der Waals surface area contributed by atoms with E-state index < -0.39 is 5.24 Å². The van der Waals surface area contributed by atoms with Crippen molar-refractivity contribution in [3.63, 3.8) is 0 Å². The second kappa shape index (κ2) is 4.82. The second-order valence-corrected chi connectivity index (χ2v) is 2.86. The molecule has 0 spiro atoms. The Morgan fingerprint density at radius 1 is 1.29 bits per heavy atom. The summed E-state index contributed by atoms with van der Waals surface area (Å²) in [7, 11) is 0. The Morgan fingerprint density at radius 3 is 2.57 bits per heavy atom. The molecule has 0 bridgehead atoms. The van der Waals surface area contributed by atoms with Gasteiger partial charge in [-0.05, 0) is 17.7 Å². The van der Waals surface area contributed by atoms with Gasteiger partial charge in [0.2, 0.25) is 0 Å². The largest absolute Gasteiger partial charge is 0.360 e. The number of aromatic amines is 1. The highest BCUT2D eigenvalue weighted by atomic mass is 35.5. The predicted octanol–water partition coefficient (Wildman–Crippen LogP) is 3.57. The average molecular weight is 210 g/mol. The van der Waals surface area contributed by atoms with Gasteiger partial charge in [0.1, 0.15) is 0 Å². The molecule has 0 saturated heterocycles. The van der Waals surface area contributed by atoms with E-state index in [1.165, 1.54) is 0 Å². The lowest BCUT2D eigenvalue weighted by Crippen LogP contribution is -1.83. The fourth-order valence-corrected chi connectivity index (χ4v) is 1.39. The summed E-state index contributed by atoms with van der Waals surface area (Å²) in [6, 6.07) is 7.54.